The van der Waals surface area contributed by atoms with Gasteiger partial charge in [-0.05, 0) is 31.4 Å². The van der Waals surface area contributed by atoms with Crippen LogP contribution in [0.4, 0.5) is 0 Å². The van der Waals surface area contributed by atoms with Crippen LogP contribution < -0.4 is 5.56 Å². The maximum absolute atomic E-state index is 12.6. The molecule has 1 amide bonds. The van der Waals surface area contributed by atoms with Crippen molar-refractivity contribution in [1.29, 1.82) is 0 Å². The lowest BCUT2D eigenvalue weighted by atomic mass is 10.0. The summed E-state index contributed by atoms with van der Waals surface area (Å²) >= 11 is 0. The van der Waals surface area contributed by atoms with Crippen molar-refractivity contribution in [3.8, 4) is 0 Å². The Labute approximate surface area is 130 Å². The fraction of sp³-hybridized carbons (Fsp3) is 0.333. The molecule has 0 bridgehead atoms. The van der Waals surface area contributed by atoms with Crippen LogP contribution in [0.5, 0.6) is 0 Å². The highest BCUT2D eigenvalue weighted by Gasteiger charge is 2.29. The number of aromatic nitrogens is 1. The van der Waals surface area contributed by atoms with Gasteiger partial charge in [-0.25, -0.2) is 0 Å². The Morgan fingerprint density at radius 2 is 1.95 bits per heavy atom. The van der Waals surface area contributed by atoms with E-state index in [1.165, 1.54) is 21.8 Å². The molecule has 1 saturated heterocycles. The van der Waals surface area contributed by atoms with Gasteiger partial charge < -0.3 is 9.47 Å². The maximum Gasteiger partial charge on any atom is 0.250 e. The van der Waals surface area contributed by atoms with Crippen molar-refractivity contribution in [3.63, 3.8) is 0 Å². The fourth-order valence-corrected chi connectivity index (χ4v) is 3.03. The minimum Gasteiger partial charge on any atom is -0.334 e. The molecule has 4 nitrogen and oxygen atoms in total. The second kappa shape index (κ2) is 6.18. The van der Waals surface area contributed by atoms with Gasteiger partial charge in [-0.3, -0.25) is 9.59 Å². The van der Waals surface area contributed by atoms with Crippen LogP contribution in [0, 0.1) is 6.92 Å². The molecular formula is C18H20N2O2. The maximum atomic E-state index is 12.6. The zero-order chi connectivity index (χ0) is 15.5. The number of likely N-dealkylation sites (tertiary alicyclic amines) is 1. The number of hydrogen-bond acceptors (Lipinski definition) is 2. The molecule has 4 heteroatoms. The smallest absolute Gasteiger partial charge is 0.250 e. The summed E-state index contributed by atoms with van der Waals surface area (Å²) in [5, 5.41) is 0. The van der Waals surface area contributed by atoms with Crippen molar-refractivity contribution in [2.24, 2.45) is 0 Å². The molecule has 22 heavy (non-hydrogen) atoms. The Balaban J connectivity index is 1.78. The molecule has 0 aliphatic carbocycles. The van der Waals surface area contributed by atoms with E-state index in [0.717, 1.165) is 19.4 Å². The largest absolute Gasteiger partial charge is 0.334 e. The topological polar surface area (TPSA) is 42.3 Å². The van der Waals surface area contributed by atoms with Gasteiger partial charge in [0.05, 0.1) is 6.04 Å². The SMILES string of the molecule is Cc1ccc(C2CCCN2C(=O)Cn2ccccc2=O)cc1. The van der Waals surface area contributed by atoms with E-state index in [1.807, 2.05) is 4.90 Å². The summed E-state index contributed by atoms with van der Waals surface area (Å²) in [6.45, 7) is 2.93. The number of pyridine rings is 1. The second-order valence-corrected chi connectivity index (χ2v) is 5.82. The van der Waals surface area contributed by atoms with E-state index in [-0.39, 0.29) is 24.1 Å². The molecule has 1 fully saturated rings. The zero-order valence-electron chi connectivity index (χ0n) is 12.7. The van der Waals surface area contributed by atoms with E-state index in [4.69, 9.17) is 0 Å². The molecule has 0 spiro atoms. The molecule has 1 unspecified atom stereocenters. The van der Waals surface area contributed by atoms with Crippen LogP contribution in [0.1, 0.15) is 30.0 Å². The van der Waals surface area contributed by atoms with E-state index < -0.39 is 0 Å². The average molecular weight is 296 g/mol. The third kappa shape index (κ3) is 2.96. The summed E-state index contributed by atoms with van der Waals surface area (Å²) in [6, 6.07) is 13.4. The summed E-state index contributed by atoms with van der Waals surface area (Å²) in [7, 11) is 0. The van der Waals surface area contributed by atoms with Crippen LogP contribution in [0.2, 0.25) is 0 Å². The molecule has 0 radical (unpaired) electrons. The quantitative estimate of drug-likeness (QED) is 0.873. The van der Waals surface area contributed by atoms with Crippen molar-refractivity contribution >= 4 is 5.91 Å². The zero-order valence-corrected chi connectivity index (χ0v) is 12.7. The van der Waals surface area contributed by atoms with Gasteiger partial charge in [0, 0.05) is 18.8 Å². The molecule has 1 atom stereocenters. The predicted octanol–water partition coefficient (Wildman–Crippen LogP) is 2.52. The molecule has 0 N–H and O–H groups in total. The molecular weight excluding hydrogens is 276 g/mol. The molecule has 1 aromatic carbocycles. The van der Waals surface area contributed by atoms with Gasteiger partial charge in [-0.15, -0.1) is 0 Å². The molecule has 114 valence electrons. The minimum atomic E-state index is -0.137. The number of rotatable bonds is 3. The predicted molar refractivity (Wildman–Crippen MR) is 85.6 cm³/mol. The van der Waals surface area contributed by atoms with Crippen LogP contribution in [0.3, 0.4) is 0 Å². The summed E-state index contributed by atoms with van der Waals surface area (Å²) in [4.78, 5) is 26.2. The minimum absolute atomic E-state index is 0.0105. The van der Waals surface area contributed by atoms with E-state index in [0.29, 0.717) is 0 Å². The molecule has 2 aromatic rings. The fourth-order valence-electron chi connectivity index (χ4n) is 3.03. The van der Waals surface area contributed by atoms with Gasteiger partial charge in [-0.2, -0.15) is 0 Å². The number of aryl methyl sites for hydroxylation is 1. The van der Waals surface area contributed by atoms with Gasteiger partial charge in [0.15, 0.2) is 0 Å². The summed E-state index contributed by atoms with van der Waals surface area (Å²) in [5.41, 5.74) is 2.26. The van der Waals surface area contributed by atoms with E-state index in [9.17, 15) is 9.59 Å². The number of amides is 1. The molecule has 1 aromatic heterocycles. The lowest BCUT2D eigenvalue weighted by molar-refractivity contribution is -0.132. The van der Waals surface area contributed by atoms with Crippen molar-refractivity contribution in [2.45, 2.75) is 32.4 Å². The van der Waals surface area contributed by atoms with E-state index >= 15 is 0 Å². The molecule has 0 saturated carbocycles. The lowest BCUT2D eigenvalue weighted by Gasteiger charge is -2.25. The Morgan fingerprint density at radius 3 is 2.68 bits per heavy atom. The Kier molecular flexibility index (Phi) is 4.09. The van der Waals surface area contributed by atoms with E-state index in [2.05, 4.69) is 31.2 Å². The lowest BCUT2D eigenvalue weighted by Crippen LogP contribution is -2.35. The monoisotopic (exact) mass is 296 g/mol. The van der Waals surface area contributed by atoms with Gasteiger partial charge in [-0.1, -0.05) is 35.9 Å². The number of benzene rings is 1. The highest BCUT2D eigenvalue weighted by atomic mass is 16.2. The van der Waals surface area contributed by atoms with Gasteiger partial charge in [0.25, 0.3) is 5.56 Å². The Hall–Kier alpha value is -2.36. The van der Waals surface area contributed by atoms with Gasteiger partial charge in [0.2, 0.25) is 5.91 Å². The van der Waals surface area contributed by atoms with Crippen LogP contribution in [-0.2, 0) is 11.3 Å². The van der Waals surface area contributed by atoms with Crippen LogP contribution in [0.15, 0.2) is 53.5 Å². The van der Waals surface area contributed by atoms with Crippen LogP contribution >= 0.6 is 0 Å². The van der Waals surface area contributed by atoms with Crippen molar-refractivity contribution in [3.05, 3.63) is 70.1 Å². The normalized spacial score (nSPS) is 17.7. The van der Waals surface area contributed by atoms with Crippen molar-refractivity contribution in [1.82, 2.24) is 9.47 Å². The first-order chi connectivity index (χ1) is 10.6. The summed E-state index contributed by atoms with van der Waals surface area (Å²) < 4.78 is 1.47. The van der Waals surface area contributed by atoms with Crippen LogP contribution in [-0.4, -0.2) is 21.9 Å². The summed E-state index contributed by atoms with van der Waals surface area (Å²) in [5.74, 6) is 0.0105. The van der Waals surface area contributed by atoms with E-state index in [1.54, 1.807) is 18.3 Å². The number of carbonyl (C=O) groups is 1. The number of carbonyl (C=O) groups excluding carboxylic acids is 1. The molecule has 2 heterocycles. The first-order valence-electron chi connectivity index (χ1n) is 7.66. The average Bonchev–Trinajstić information content (AvgIpc) is 3.00. The Bertz CT molecular complexity index is 718. The highest BCUT2D eigenvalue weighted by Crippen LogP contribution is 2.32. The first kappa shape index (κ1) is 14.6. The number of nitrogens with zero attached hydrogens (tertiary/aromatic N) is 2. The van der Waals surface area contributed by atoms with Crippen LogP contribution in [0.25, 0.3) is 0 Å². The third-order valence-corrected chi connectivity index (χ3v) is 4.24. The second-order valence-electron chi connectivity index (χ2n) is 5.82. The molecule has 1 aliphatic heterocycles. The first-order valence-corrected chi connectivity index (χ1v) is 7.66. The van der Waals surface area contributed by atoms with Gasteiger partial charge in [0.1, 0.15) is 6.54 Å². The molecule has 3 rings (SSSR count). The van der Waals surface area contributed by atoms with Crippen molar-refractivity contribution in [2.75, 3.05) is 6.54 Å². The standard InChI is InChI=1S/C18H20N2O2/c1-14-7-9-15(10-8-14)16-5-4-12-20(16)18(22)13-19-11-3-2-6-17(19)21/h2-3,6-11,16H,4-5,12-13H2,1H3. The Morgan fingerprint density at radius 1 is 1.18 bits per heavy atom. The third-order valence-electron chi connectivity index (χ3n) is 4.24. The van der Waals surface area contributed by atoms with Gasteiger partial charge >= 0.3 is 0 Å². The summed E-state index contributed by atoms with van der Waals surface area (Å²) in [6.07, 6.45) is 3.66. The van der Waals surface area contributed by atoms with Crippen molar-refractivity contribution < 1.29 is 4.79 Å². The molecule has 1 aliphatic rings. The highest BCUT2D eigenvalue weighted by molar-refractivity contribution is 5.76. The number of hydrogen-bond donors (Lipinski definition) is 0.